The van der Waals surface area contributed by atoms with E-state index in [0.717, 1.165) is 60.4 Å². The third-order valence-electron chi connectivity index (χ3n) is 7.00. The lowest BCUT2D eigenvalue weighted by Crippen LogP contribution is -2.43. The maximum absolute atomic E-state index is 13.0. The zero-order chi connectivity index (χ0) is 26.6. The van der Waals surface area contributed by atoms with Gasteiger partial charge in [-0.1, -0.05) is 24.0 Å². The molecule has 5 rings (SSSR count). The van der Waals surface area contributed by atoms with Crippen LogP contribution in [0.5, 0.6) is 0 Å². The van der Waals surface area contributed by atoms with Crippen molar-refractivity contribution in [2.75, 3.05) is 38.5 Å². The van der Waals surface area contributed by atoms with Crippen molar-refractivity contribution in [2.45, 2.75) is 20.4 Å². The highest BCUT2D eigenvalue weighted by molar-refractivity contribution is 6.04. The second kappa shape index (κ2) is 11.0. The minimum atomic E-state index is -0.185. The molecule has 0 atom stereocenters. The fourth-order valence-corrected chi connectivity index (χ4v) is 4.54. The Balaban J connectivity index is 1.28. The van der Waals surface area contributed by atoms with Gasteiger partial charge in [-0.25, -0.2) is 4.98 Å². The lowest BCUT2D eigenvalue weighted by Gasteiger charge is -2.32. The number of fused-ring (bicyclic) bond motifs is 1. The Morgan fingerprint density at radius 3 is 2.58 bits per heavy atom. The molecule has 0 spiro atoms. The first-order valence-electron chi connectivity index (χ1n) is 12.8. The van der Waals surface area contributed by atoms with Crippen LogP contribution in [0, 0.1) is 25.7 Å². The number of hydrogen-bond donors (Lipinski definition) is 2. The van der Waals surface area contributed by atoms with Crippen molar-refractivity contribution in [3.8, 4) is 11.8 Å². The molecule has 1 aliphatic heterocycles. The number of hydrogen-bond acceptors (Lipinski definition) is 5. The molecule has 0 radical (unpaired) electrons. The summed E-state index contributed by atoms with van der Waals surface area (Å²) in [7, 11) is 2.16. The fourth-order valence-electron chi connectivity index (χ4n) is 4.54. The zero-order valence-electron chi connectivity index (χ0n) is 22.0. The summed E-state index contributed by atoms with van der Waals surface area (Å²) in [5, 5.41) is 3.84. The van der Waals surface area contributed by atoms with Crippen LogP contribution >= 0.6 is 0 Å². The second-order valence-electron chi connectivity index (χ2n) is 9.94. The number of aromatic amines is 1. The number of rotatable bonds is 4. The highest BCUT2D eigenvalue weighted by Crippen LogP contribution is 2.19. The molecule has 0 unspecified atom stereocenters. The molecule has 7 nitrogen and oxygen atoms in total. The number of benzene rings is 2. The molecule has 1 saturated heterocycles. The number of aromatic nitrogens is 2. The van der Waals surface area contributed by atoms with E-state index >= 15 is 0 Å². The van der Waals surface area contributed by atoms with Crippen LogP contribution in [-0.2, 0) is 6.54 Å². The Morgan fingerprint density at radius 1 is 0.974 bits per heavy atom. The van der Waals surface area contributed by atoms with Crippen molar-refractivity contribution < 1.29 is 4.79 Å². The maximum atomic E-state index is 13.0. The molecule has 0 saturated carbocycles. The molecule has 1 fully saturated rings. The smallest absolute Gasteiger partial charge is 0.255 e. The summed E-state index contributed by atoms with van der Waals surface area (Å²) in [6.07, 6.45) is 1.64. The largest absolute Gasteiger partial charge is 0.322 e. The molecule has 7 heteroatoms. The number of piperazine rings is 1. The molecule has 2 aromatic carbocycles. The van der Waals surface area contributed by atoms with Crippen LogP contribution in [0.1, 0.15) is 38.2 Å². The number of H-pyrrole nitrogens is 1. The third kappa shape index (κ3) is 6.00. The van der Waals surface area contributed by atoms with E-state index in [1.807, 2.05) is 43.3 Å². The number of amides is 1. The minimum Gasteiger partial charge on any atom is -0.322 e. The highest BCUT2D eigenvalue weighted by atomic mass is 16.1. The van der Waals surface area contributed by atoms with Crippen LogP contribution in [0.2, 0.25) is 0 Å². The lowest BCUT2D eigenvalue weighted by molar-refractivity contribution is 0.102. The average molecular weight is 506 g/mol. The first-order chi connectivity index (χ1) is 18.3. The molecule has 0 aliphatic carbocycles. The van der Waals surface area contributed by atoms with Crippen LogP contribution in [0.4, 0.5) is 5.69 Å². The van der Waals surface area contributed by atoms with Gasteiger partial charge in [-0.05, 0) is 74.0 Å². The number of likely N-dealkylation sites (N-methyl/N-ethyl adjacent to an activating group) is 1. The third-order valence-corrected chi connectivity index (χ3v) is 7.00. The molecular weight excluding hydrogens is 474 g/mol. The Kier molecular flexibility index (Phi) is 7.36. The summed E-state index contributed by atoms with van der Waals surface area (Å²) in [4.78, 5) is 36.3. The highest BCUT2D eigenvalue weighted by Gasteiger charge is 2.16. The Morgan fingerprint density at radius 2 is 1.79 bits per heavy atom. The van der Waals surface area contributed by atoms with E-state index in [1.165, 1.54) is 11.6 Å². The Labute approximate surface area is 222 Å². The van der Waals surface area contributed by atoms with Crippen molar-refractivity contribution in [3.63, 3.8) is 0 Å². The van der Waals surface area contributed by atoms with Gasteiger partial charge in [0.25, 0.3) is 5.91 Å². The zero-order valence-corrected chi connectivity index (χ0v) is 22.0. The van der Waals surface area contributed by atoms with Gasteiger partial charge in [-0.3, -0.25) is 14.5 Å². The molecule has 2 N–H and O–H groups in total. The van der Waals surface area contributed by atoms with Crippen molar-refractivity contribution in [2.24, 2.45) is 0 Å². The van der Waals surface area contributed by atoms with Crippen molar-refractivity contribution >= 4 is 22.6 Å². The first-order valence-corrected chi connectivity index (χ1v) is 12.8. The van der Waals surface area contributed by atoms with Gasteiger partial charge in [0.15, 0.2) is 0 Å². The molecular formula is C31H31N5O2. The Hall–Kier alpha value is -4.25. The topological polar surface area (TPSA) is 81.3 Å². The average Bonchev–Trinajstić information content (AvgIpc) is 2.91. The fraction of sp³-hybridized carbons (Fsp3) is 0.258. The van der Waals surface area contributed by atoms with Crippen molar-refractivity contribution in [1.82, 2.24) is 19.8 Å². The maximum Gasteiger partial charge on any atom is 0.255 e. The standard InChI is InChI=1S/C31H31N5O2/c1-21-4-10-28(18-24(21)6-5-23-17-25-9-11-29(37)34-30(25)32-19-23)33-31(38)26-7-8-27(22(2)16-26)20-36-14-12-35(3)13-15-36/h4,7-11,16-19H,12-15,20H2,1-3H3,(H,33,38)(H,32,34,37). The van der Waals surface area contributed by atoms with Gasteiger partial charge in [-0.2, -0.15) is 0 Å². The summed E-state index contributed by atoms with van der Waals surface area (Å²) < 4.78 is 0. The molecule has 2 aromatic heterocycles. The van der Waals surface area contributed by atoms with Crippen LogP contribution in [-0.4, -0.2) is 58.9 Å². The molecule has 0 bridgehead atoms. The number of nitrogens with zero attached hydrogens (tertiary/aromatic N) is 3. The van der Waals surface area contributed by atoms with Gasteiger partial charge in [0.05, 0.1) is 0 Å². The number of carbonyl (C=O) groups excluding carboxylic acids is 1. The number of carbonyl (C=O) groups is 1. The predicted molar refractivity (Wildman–Crippen MR) is 151 cm³/mol. The van der Waals surface area contributed by atoms with Gasteiger partial charge in [0.1, 0.15) is 5.65 Å². The molecule has 3 heterocycles. The molecule has 1 amide bonds. The number of pyridine rings is 2. The summed E-state index contributed by atoms with van der Waals surface area (Å²) in [6.45, 7) is 9.27. The monoisotopic (exact) mass is 505 g/mol. The minimum absolute atomic E-state index is 0.144. The normalized spacial score (nSPS) is 14.2. The summed E-state index contributed by atoms with van der Waals surface area (Å²) in [5.41, 5.74) is 6.64. The van der Waals surface area contributed by atoms with Gasteiger partial charge >= 0.3 is 0 Å². The molecule has 1 aliphatic rings. The van der Waals surface area contributed by atoms with Crippen LogP contribution in [0.15, 0.2) is 65.6 Å². The number of nitrogens with one attached hydrogen (secondary N) is 2. The Bertz CT molecular complexity index is 1620. The van der Waals surface area contributed by atoms with E-state index in [4.69, 9.17) is 0 Å². The van der Waals surface area contributed by atoms with Gasteiger partial charge in [0.2, 0.25) is 5.56 Å². The first kappa shape index (κ1) is 25.4. The number of anilines is 1. The van der Waals surface area contributed by atoms with E-state index < -0.39 is 0 Å². The van der Waals surface area contributed by atoms with E-state index in [2.05, 4.69) is 57.0 Å². The van der Waals surface area contributed by atoms with Crippen molar-refractivity contribution in [1.29, 1.82) is 0 Å². The predicted octanol–water partition coefficient (Wildman–Crippen LogP) is 3.94. The summed E-state index contributed by atoms with van der Waals surface area (Å²) in [5.74, 6) is 6.20. The quantitative estimate of drug-likeness (QED) is 0.411. The van der Waals surface area contributed by atoms with Crippen LogP contribution in [0.3, 0.4) is 0 Å². The van der Waals surface area contributed by atoms with Gasteiger partial charge in [0, 0.05) is 72.8 Å². The molecule has 4 aromatic rings. The van der Waals surface area contributed by atoms with Gasteiger partial charge in [-0.15, -0.1) is 0 Å². The second-order valence-corrected chi connectivity index (χ2v) is 9.94. The summed E-state index contributed by atoms with van der Waals surface area (Å²) in [6, 6.07) is 16.8. The SMILES string of the molecule is Cc1ccc(NC(=O)c2ccc(CN3CCN(C)CC3)c(C)c2)cc1C#Cc1cnc2[nH]c(=O)ccc2c1. The van der Waals surface area contributed by atoms with E-state index in [1.54, 1.807) is 12.3 Å². The van der Waals surface area contributed by atoms with Crippen LogP contribution < -0.4 is 10.9 Å². The van der Waals surface area contributed by atoms with E-state index in [0.29, 0.717) is 16.9 Å². The van der Waals surface area contributed by atoms with E-state index in [-0.39, 0.29) is 11.5 Å². The van der Waals surface area contributed by atoms with Crippen molar-refractivity contribution in [3.05, 3.63) is 105 Å². The van der Waals surface area contributed by atoms with Crippen LogP contribution in [0.25, 0.3) is 11.0 Å². The molecule has 192 valence electrons. The lowest BCUT2D eigenvalue weighted by atomic mass is 10.0. The summed E-state index contributed by atoms with van der Waals surface area (Å²) >= 11 is 0. The van der Waals surface area contributed by atoms with Gasteiger partial charge < -0.3 is 15.2 Å². The molecule has 38 heavy (non-hydrogen) atoms. The van der Waals surface area contributed by atoms with E-state index in [9.17, 15) is 9.59 Å². The number of aryl methyl sites for hydroxylation is 2.